The van der Waals surface area contributed by atoms with E-state index in [1.807, 2.05) is 0 Å². The number of likely N-dealkylation sites (tertiary alicyclic amines) is 1. The molecule has 2 heterocycles. The molecule has 0 amide bonds. The molecule has 0 aliphatic carbocycles. The van der Waals surface area contributed by atoms with E-state index in [-0.39, 0.29) is 5.56 Å². The number of benzene rings is 1. The van der Waals surface area contributed by atoms with Crippen molar-refractivity contribution in [3.05, 3.63) is 39.9 Å². The molecule has 0 radical (unpaired) electrons. The molecule has 1 saturated heterocycles. The van der Waals surface area contributed by atoms with E-state index >= 15 is 0 Å². The molecule has 6 nitrogen and oxygen atoms in total. The van der Waals surface area contributed by atoms with Gasteiger partial charge in [-0.1, -0.05) is 24.0 Å². The van der Waals surface area contributed by atoms with Gasteiger partial charge in [0.2, 0.25) is 0 Å². The maximum absolute atomic E-state index is 12.2. The number of aromatic amines is 1. The quantitative estimate of drug-likeness (QED) is 0.662. The largest absolute Gasteiger partial charge is 0.465 e. The number of hydrogen-bond acceptors (Lipinski definition) is 6. The van der Waals surface area contributed by atoms with Crippen LogP contribution in [0.15, 0.2) is 23.0 Å². The minimum Gasteiger partial charge on any atom is -0.465 e. The van der Waals surface area contributed by atoms with E-state index in [0.717, 1.165) is 17.4 Å². The Balaban J connectivity index is 1.81. The lowest BCUT2D eigenvalue weighted by Crippen LogP contribution is -2.23. The van der Waals surface area contributed by atoms with E-state index in [1.165, 1.54) is 31.7 Å². The minimum atomic E-state index is -0.454. The summed E-state index contributed by atoms with van der Waals surface area (Å²) in [6.07, 6.45) is 2.34. The fourth-order valence-electron chi connectivity index (χ4n) is 2.62. The first-order chi connectivity index (χ1) is 11.6. The Labute approximate surface area is 148 Å². The summed E-state index contributed by atoms with van der Waals surface area (Å²) in [6, 6.07) is 4.71. The molecule has 3 rings (SSSR count). The first-order valence-corrected chi connectivity index (χ1v) is 9.01. The normalized spacial score (nSPS) is 14.1. The smallest absolute Gasteiger partial charge is 0.337 e. The van der Waals surface area contributed by atoms with Crippen LogP contribution in [0.4, 0.5) is 0 Å². The summed E-state index contributed by atoms with van der Waals surface area (Å²) in [7, 11) is 1.32. The zero-order valence-electron chi connectivity index (χ0n) is 13.2. The lowest BCUT2D eigenvalue weighted by molar-refractivity contribution is 0.0601. The molecule has 0 saturated carbocycles. The third-order valence-electron chi connectivity index (χ3n) is 3.87. The summed E-state index contributed by atoms with van der Waals surface area (Å²) >= 11 is 6.91. The molecular weight excluding hydrogens is 346 g/mol. The molecule has 0 bridgehead atoms. The van der Waals surface area contributed by atoms with Gasteiger partial charge < -0.3 is 14.6 Å². The SMILES string of the molecule is COC(=O)c1ccc2c(=O)[nH]c(CSC(=S)N3CCCC3)nc2c1. The molecule has 2 aromatic rings. The van der Waals surface area contributed by atoms with Crippen molar-refractivity contribution in [1.82, 2.24) is 14.9 Å². The van der Waals surface area contributed by atoms with E-state index in [9.17, 15) is 9.59 Å². The number of H-pyrrole nitrogens is 1. The van der Waals surface area contributed by atoms with E-state index in [1.54, 1.807) is 18.2 Å². The maximum Gasteiger partial charge on any atom is 0.337 e. The highest BCUT2D eigenvalue weighted by Crippen LogP contribution is 2.19. The van der Waals surface area contributed by atoms with Crippen LogP contribution in [0, 0.1) is 0 Å². The Morgan fingerprint density at radius 3 is 2.88 bits per heavy atom. The van der Waals surface area contributed by atoms with Crippen molar-refractivity contribution in [3.63, 3.8) is 0 Å². The second-order valence-electron chi connectivity index (χ2n) is 5.48. The lowest BCUT2D eigenvalue weighted by atomic mass is 10.1. The van der Waals surface area contributed by atoms with Crippen molar-refractivity contribution < 1.29 is 9.53 Å². The van der Waals surface area contributed by atoms with Gasteiger partial charge >= 0.3 is 5.97 Å². The van der Waals surface area contributed by atoms with Crippen molar-refractivity contribution in [2.45, 2.75) is 18.6 Å². The summed E-state index contributed by atoms with van der Waals surface area (Å²) in [5.74, 6) is 0.578. The lowest BCUT2D eigenvalue weighted by Gasteiger charge is -2.17. The van der Waals surface area contributed by atoms with Gasteiger partial charge in [-0.3, -0.25) is 4.79 Å². The fraction of sp³-hybridized carbons (Fsp3) is 0.375. The van der Waals surface area contributed by atoms with Gasteiger partial charge in [-0.05, 0) is 31.0 Å². The Bertz CT molecular complexity index is 844. The summed E-state index contributed by atoms with van der Waals surface area (Å²) in [5.41, 5.74) is 0.623. The summed E-state index contributed by atoms with van der Waals surface area (Å²) in [4.78, 5) is 33.2. The van der Waals surface area contributed by atoms with Crippen LogP contribution in [0.2, 0.25) is 0 Å². The highest BCUT2D eigenvalue weighted by Gasteiger charge is 2.16. The van der Waals surface area contributed by atoms with E-state index in [0.29, 0.717) is 28.0 Å². The summed E-state index contributed by atoms with van der Waals surface area (Å²) in [6.45, 7) is 1.99. The molecule has 1 aliphatic rings. The van der Waals surface area contributed by atoms with Crippen LogP contribution in [0.3, 0.4) is 0 Å². The van der Waals surface area contributed by atoms with Gasteiger partial charge in [0, 0.05) is 13.1 Å². The summed E-state index contributed by atoms with van der Waals surface area (Å²) in [5, 5.41) is 0.443. The monoisotopic (exact) mass is 363 g/mol. The number of fused-ring (bicyclic) bond motifs is 1. The number of rotatable bonds is 3. The first kappa shape index (κ1) is 16.9. The van der Waals surface area contributed by atoms with Gasteiger partial charge in [0.05, 0.1) is 29.3 Å². The Hall–Kier alpha value is -1.93. The number of hydrogen-bond donors (Lipinski definition) is 1. The molecule has 1 aliphatic heterocycles. The van der Waals surface area contributed by atoms with Gasteiger partial charge in [-0.25, -0.2) is 9.78 Å². The van der Waals surface area contributed by atoms with Crippen molar-refractivity contribution >= 4 is 45.2 Å². The second kappa shape index (κ2) is 7.31. The predicted octanol–water partition coefficient (Wildman–Crippen LogP) is 2.32. The zero-order chi connectivity index (χ0) is 17.1. The van der Waals surface area contributed by atoms with Gasteiger partial charge in [0.25, 0.3) is 5.56 Å². The zero-order valence-corrected chi connectivity index (χ0v) is 14.8. The third kappa shape index (κ3) is 3.59. The molecule has 1 aromatic heterocycles. The molecule has 1 aromatic carbocycles. The van der Waals surface area contributed by atoms with Crippen molar-refractivity contribution in [3.8, 4) is 0 Å². The van der Waals surface area contributed by atoms with Crippen LogP contribution in [-0.4, -0.2) is 45.4 Å². The van der Waals surface area contributed by atoms with E-state index in [2.05, 4.69) is 14.9 Å². The molecule has 24 heavy (non-hydrogen) atoms. The molecule has 0 atom stereocenters. The van der Waals surface area contributed by atoms with Gasteiger partial charge in [-0.2, -0.15) is 0 Å². The highest BCUT2D eigenvalue weighted by molar-refractivity contribution is 8.22. The fourth-order valence-corrected chi connectivity index (χ4v) is 3.74. The van der Waals surface area contributed by atoms with Crippen LogP contribution in [0.1, 0.15) is 29.0 Å². The van der Waals surface area contributed by atoms with Crippen LogP contribution in [0.5, 0.6) is 0 Å². The molecule has 1 fully saturated rings. The molecule has 1 N–H and O–H groups in total. The number of thioether (sulfide) groups is 1. The number of methoxy groups -OCH3 is 1. The molecule has 0 spiro atoms. The predicted molar refractivity (Wildman–Crippen MR) is 98.4 cm³/mol. The number of carbonyl (C=O) groups excluding carboxylic acids is 1. The van der Waals surface area contributed by atoms with Crippen LogP contribution < -0.4 is 5.56 Å². The topological polar surface area (TPSA) is 75.3 Å². The van der Waals surface area contributed by atoms with Crippen LogP contribution in [0.25, 0.3) is 10.9 Å². The van der Waals surface area contributed by atoms with Gasteiger partial charge in [-0.15, -0.1) is 0 Å². The second-order valence-corrected chi connectivity index (χ2v) is 7.09. The number of nitrogens with one attached hydrogen (secondary N) is 1. The average Bonchev–Trinajstić information content (AvgIpc) is 3.13. The maximum atomic E-state index is 12.2. The Kier molecular flexibility index (Phi) is 5.15. The minimum absolute atomic E-state index is 0.223. The van der Waals surface area contributed by atoms with Crippen molar-refractivity contribution in [2.24, 2.45) is 0 Å². The first-order valence-electron chi connectivity index (χ1n) is 7.61. The standard InChI is InChI=1S/C16H17N3O3S2/c1-22-15(21)10-4-5-11-12(8-10)17-13(18-14(11)20)9-24-16(23)19-6-2-3-7-19/h4-5,8H,2-3,6-7,9H2,1H3,(H,17,18,20). The van der Waals surface area contributed by atoms with Crippen LogP contribution in [-0.2, 0) is 10.5 Å². The van der Waals surface area contributed by atoms with Crippen molar-refractivity contribution in [2.75, 3.05) is 20.2 Å². The molecule has 126 valence electrons. The molecular formula is C16H17N3O3S2. The number of thiocarbonyl (C=S) groups is 1. The number of ether oxygens (including phenoxy) is 1. The molecule has 8 heteroatoms. The third-order valence-corrected chi connectivity index (χ3v) is 5.41. The number of esters is 1. The average molecular weight is 363 g/mol. The van der Waals surface area contributed by atoms with E-state index in [4.69, 9.17) is 17.0 Å². The van der Waals surface area contributed by atoms with Crippen LogP contribution >= 0.6 is 24.0 Å². The number of aromatic nitrogens is 2. The molecule has 0 unspecified atom stereocenters. The van der Waals surface area contributed by atoms with E-state index < -0.39 is 5.97 Å². The highest BCUT2D eigenvalue weighted by atomic mass is 32.2. The van der Waals surface area contributed by atoms with Gasteiger partial charge in [0.1, 0.15) is 10.1 Å². The Morgan fingerprint density at radius 1 is 1.42 bits per heavy atom. The Morgan fingerprint density at radius 2 is 2.17 bits per heavy atom. The summed E-state index contributed by atoms with van der Waals surface area (Å²) < 4.78 is 5.53. The number of nitrogens with zero attached hydrogens (tertiary/aromatic N) is 2. The van der Waals surface area contributed by atoms with Gasteiger partial charge in [0.15, 0.2) is 0 Å². The van der Waals surface area contributed by atoms with Crippen molar-refractivity contribution in [1.29, 1.82) is 0 Å². The number of carbonyl (C=O) groups is 1.